The molecule has 2 aromatic rings. The molecule has 2 rings (SSSR count). The van der Waals surface area contributed by atoms with Crippen molar-refractivity contribution in [2.75, 3.05) is 0 Å². The Kier molecular flexibility index (Phi) is 5.28. The van der Waals surface area contributed by atoms with Crippen LogP contribution in [0.4, 0.5) is 0 Å². The molecule has 2 aromatic carbocycles. The summed E-state index contributed by atoms with van der Waals surface area (Å²) in [6.45, 7) is 0. The molecule has 4 heteroatoms. The van der Waals surface area contributed by atoms with Gasteiger partial charge >= 0.3 is 0 Å². The second-order valence-corrected chi connectivity index (χ2v) is 6.29. The lowest BCUT2D eigenvalue weighted by atomic mass is 10.00. The molecule has 0 saturated heterocycles. The van der Waals surface area contributed by atoms with E-state index in [1.54, 1.807) is 6.07 Å². The van der Waals surface area contributed by atoms with E-state index in [0.29, 0.717) is 5.02 Å². The van der Waals surface area contributed by atoms with Gasteiger partial charge in [0.15, 0.2) is 0 Å². The van der Waals surface area contributed by atoms with E-state index in [4.69, 9.17) is 28.9 Å². The average molecular weight is 359 g/mol. The molecule has 0 aliphatic rings. The third-order valence-corrected chi connectivity index (χ3v) is 4.03. The lowest BCUT2D eigenvalue weighted by Gasteiger charge is -2.13. The number of hydrogen-bond donors (Lipinski definition) is 1. The van der Waals surface area contributed by atoms with Crippen LogP contribution in [0.5, 0.6) is 0 Å². The maximum Gasteiger partial charge on any atom is 0.0439 e. The third kappa shape index (κ3) is 4.50. The van der Waals surface area contributed by atoms with Gasteiger partial charge in [0.05, 0.1) is 0 Å². The molecule has 100 valence electrons. The first-order chi connectivity index (χ1) is 9.04. The quantitative estimate of drug-likeness (QED) is 0.828. The van der Waals surface area contributed by atoms with Gasteiger partial charge in [-0.15, -0.1) is 0 Å². The van der Waals surface area contributed by atoms with Crippen LogP contribution in [-0.2, 0) is 12.8 Å². The molecule has 0 saturated carbocycles. The summed E-state index contributed by atoms with van der Waals surface area (Å²) in [5.74, 6) is 0. The van der Waals surface area contributed by atoms with Crippen molar-refractivity contribution in [2.24, 2.45) is 5.73 Å². The van der Waals surface area contributed by atoms with Gasteiger partial charge in [-0.25, -0.2) is 0 Å². The van der Waals surface area contributed by atoms with E-state index in [2.05, 4.69) is 28.1 Å². The highest BCUT2D eigenvalue weighted by Gasteiger charge is 2.09. The third-order valence-electron chi connectivity index (χ3n) is 2.90. The largest absolute Gasteiger partial charge is 0.327 e. The fourth-order valence-electron chi connectivity index (χ4n) is 1.98. The molecule has 0 radical (unpaired) electrons. The lowest BCUT2D eigenvalue weighted by Crippen LogP contribution is -2.25. The van der Waals surface area contributed by atoms with E-state index < -0.39 is 0 Å². The Morgan fingerprint density at radius 3 is 2.37 bits per heavy atom. The fraction of sp³-hybridized carbons (Fsp3) is 0.200. The number of hydrogen-bond acceptors (Lipinski definition) is 1. The average Bonchev–Trinajstić information content (AvgIpc) is 2.37. The van der Waals surface area contributed by atoms with Gasteiger partial charge in [-0.2, -0.15) is 0 Å². The molecule has 0 fully saturated rings. The highest BCUT2D eigenvalue weighted by molar-refractivity contribution is 9.10. The van der Waals surface area contributed by atoms with Crippen molar-refractivity contribution in [3.63, 3.8) is 0 Å². The van der Waals surface area contributed by atoms with Crippen LogP contribution in [0.3, 0.4) is 0 Å². The van der Waals surface area contributed by atoms with Crippen molar-refractivity contribution in [3.8, 4) is 0 Å². The molecular formula is C15H14BrCl2N. The molecule has 19 heavy (non-hydrogen) atoms. The summed E-state index contributed by atoms with van der Waals surface area (Å²) in [5, 5.41) is 1.41. The van der Waals surface area contributed by atoms with Crippen molar-refractivity contribution >= 4 is 39.1 Å². The zero-order valence-corrected chi connectivity index (χ0v) is 13.3. The van der Waals surface area contributed by atoms with Crippen molar-refractivity contribution in [1.29, 1.82) is 0 Å². The standard InChI is InChI=1S/C15H14BrCl2N/c16-12-3-1-10(2-4-12)7-14(19)9-11-8-13(17)5-6-15(11)18/h1-6,8,14H,7,9,19H2. The molecule has 0 aliphatic heterocycles. The van der Waals surface area contributed by atoms with E-state index in [1.807, 2.05) is 24.3 Å². The molecule has 0 amide bonds. The summed E-state index contributed by atoms with van der Waals surface area (Å²) in [6.07, 6.45) is 1.53. The molecule has 0 aliphatic carbocycles. The normalized spacial score (nSPS) is 12.4. The minimum absolute atomic E-state index is 0.0251. The second kappa shape index (κ2) is 6.76. The van der Waals surface area contributed by atoms with Crippen molar-refractivity contribution in [2.45, 2.75) is 18.9 Å². The molecule has 0 aromatic heterocycles. The van der Waals surface area contributed by atoms with Crippen molar-refractivity contribution < 1.29 is 0 Å². The van der Waals surface area contributed by atoms with Gasteiger partial charge in [0.25, 0.3) is 0 Å². The van der Waals surface area contributed by atoms with Gasteiger partial charge in [-0.3, -0.25) is 0 Å². The molecule has 1 atom stereocenters. The van der Waals surface area contributed by atoms with Gasteiger partial charge in [0.1, 0.15) is 0 Å². The van der Waals surface area contributed by atoms with E-state index in [1.165, 1.54) is 5.56 Å². The Bertz CT molecular complexity index is 555. The monoisotopic (exact) mass is 357 g/mol. The summed E-state index contributed by atoms with van der Waals surface area (Å²) >= 11 is 15.5. The summed E-state index contributed by atoms with van der Waals surface area (Å²) < 4.78 is 1.07. The highest BCUT2D eigenvalue weighted by atomic mass is 79.9. The van der Waals surface area contributed by atoms with Crippen LogP contribution < -0.4 is 5.73 Å². The molecule has 0 spiro atoms. The Balaban J connectivity index is 2.02. The van der Waals surface area contributed by atoms with Gasteiger partial charge in [0.2, 0.25) is 0 Å². The second-order valence-electron chi connectivity index (χ2n) is 4.53. The maximum absolute atomic E-state index is 6.18. The van der Waals surface area contributed by atoms with Crippen LogP contribution in [0.1, 0.15) is 11.1 Å². The molecule has 1 unspecified atom stereocenters. The first-order valence-corrected chi connectivity index (χ1v) is 7.53. The van der Waals surface area contributed by atoms with Crippen LogP contribution in [0, 0.1) is 0 Å². The number of nitrogens with two attached hydrogens (primary N) is 1. The number of halogens is 3. The van der Waals surface area contributed by atoms with Crippen LogP contribution in [0.15, 0.2) is 46.9 Å². The highest BCUT2D eigenvalue weighted by Crippen LogP contribution is 2.22. The summed E-state index contributed by atoms with van der Waals surface area (Å²) in [6, 6.07) is 13.7. The van der Waals surface area contributed by atoms with Crippen LogP contribution in [-0.4, -0.2) is 6.04 Å². The van der Waals surface area contributed by atoms with E-state index >= 15 is 0 Å². The Hall–Kier alpha value is -0.540. The first kappa shape index (κ1) is 14.9. The summed E-state index contributed by atoms with van der Waals surface area (Å²) in [7, 11) is 0. The first-order valence-electron chi connectivity index (χ1n) is 5.98. The SMILES string of the molecule is NC(Cc1ccc(Br)cc1)Cc1cc(Cl)ccc1Cl. The summed E-state index contributed by atoms with van der Waals surface area (Å²) in [4.78, 5) is 0. The lowest BCUT2D eigenvalue weighted by molar-refractivity contribution is 0.665. The van der Waals surface area contributed by atoms with Crippen molar-refractivity contribution in [1.82, 2.24) is 0 Å². The predicted molar refractivity (Wildman–Crippen MR) is 86.0 cm³/mol. The topological polar surface area (TPSA) is 26.0 Å². The van der Waals surface area contributed by atoms with Crippen LogP contribution in [0.25, 0.3) is 0 Å². The molecule has 0 heterocycles. The van der Waals surface area contributed by atoms with Gasteiger partial charge in [-0.1, -0.05) is 51.3 Å². The zero-order valence-electron chi connectivity index (χ0n) is 10.2. The van der Waals surface area contributed by atoms with Crippen molar-refractivity contribution in [3.05, 3.63) is 68.1 Å². The van der Waals surface area contributed by atoms with E-state index in [-0.39, 0.29) is 6.04 Å². The van der Waals surface area contributed by atoms with Gasteiger partial charge in [0, 0.05) is 20.6 Å². The number of rotatable bonds is 4. The maximum atomic E-state index is 6.18. The Labute approximate surface area is 131 Å². The molecule has 1 nitrogen and oxygen atoms in total. The van der Waals surface area contributed by atoms with E-state index in [9.17, 15) is 0 Å². The van der Waals surface area contributed by atoms with Gasteiger partial charge in [-0.05, 0) is 54.3 Å². The van der Waals surface area contributed by atoms with Gasteiger partial charge < -0.3 is 5.73 Å². The smallest absolute Gasteiger partial charge is 0.0439 e. The minimum Gasteiger partial charge on any atom is -0.327 e. The zero-order chi connectivity index (χ0) is 13.8. The van der Waals surface area contributed by atoms with Crippen LogP contribution in [0.2, 0.25) is 10.0 Å². The Morgan fingerprint density at radius 2 is 1.68 bits per heavy atom. The molecular weight excluding hydrogens is 345 g/mol. The fourth-order valence-corrected chi connectivity index (χ4v) is 2.63. The number of benzene rings is 2. The molecule has 2 N–H and O–H groups in total. The van der Waals surface area contributed by atoms with Crippen LogP contribution >= 0.6 is 39.1 Å². The molecule has 0 bridgehead atoms. The van der Waals surface area contributed by atoms with E-state index in [0.717, 1.165) is 27.9 Å². The predicted octanol–water partition coefficient (Wildman–Crippen LogP) is 4.87. The minimum atomic E-state index is 0.0251. The Morgan fingerprint density at radius 1 is 1.00 bits per heavy atom. The summed E-state index contributed by atoms with van der Waals surface area (Å²) in [5.41, 5.74) is 8.40.